The van der Waals surface area contributed by atoms with Crippen LogP contribution < -0.4 is 0 Å². The number of nitrogens with zero attached hydrogens (tertiary/aromatic N) is 1. The van der Waals surface area contributed by atoms with E-state index in [9.17, 15) is 0 Å². The fraction of sp³-hybridized carbons (Fsp3) is 0.714. The van der Waals surface area contributed by atoms with Gasteiger partial charge in [-0.1, -0.05) is 6.92 Å². The molecule has 1 aliphatic rings. The second-order valence-corrected chi connectivity index (χ2v) is 3.45. The summed E-state index contributed by atoms with van der Waals surface area (Å²) < 4.78 is 2.24. The minimum atomic E-state index is 0.752. The monoisotopic (exact) mass is 143 g/mol. The molecule has 1 aliphatic heterocycles. The van der Waals surface area contributed by atoms with Crippen molar-refractivity contribution in [3.8, 4) is 0 Å². The zero-order valence-electron chi connectivity index (χ0n) is 6.31. The van der Waals surface area contributed by atoms with Crippen molar-refractivity contribution in [2.24, 2.45) is 5.92 Å². The van der Waals surface area contributed by atoms with Crippen LogP contribution in [0.1, 0.15) is 20.8 Å². The molecule has 0 aromatic carbocycles. The van der Waals surface area contributed by atoms with E-state index in [1.54, 1.807) is 0 Å². The van der Waals surface area contributed by atoms with Crippen LogP contribution in [0.5, 0.6) is 0 Å². The molecule has 1 rings (SSSR count). The van der Waals surface area contributed by atoms with E-state index in [0.717, 1.165) is 5.92 Å². The van der Waals surface area contributed by atoms with Gasteiger partial charge in [-0.3, -0.25) is 0 Å². The van der Waals surface area contributed by atoms with Crippen LogP contribution in [0.15, 0.2) is 11.3 Å². The quantitative estimate of drug-likeness (QED) is 0.469. The normalized spacial score (nSPS) is 28.0. The molecule has 0 N–H and O–H groups in total. The average molecular weight is 143 g/mol. The highest BCUT2D eigenvalue weighted by Crippen LogP contribution is 2.29. The van der Waals surface area contributed by atoms with E-state index < -0.39 is 0 Å². The third-order valence-electron chi connectivity index (χ3n) is 2.21. The third kappa shape index (κ3) is 1.11. The summed E-state index contributed by atoms with van der Waals surface area (Å²) in [7, 11) is 2.73. The number of hydrogen-bond donors (Lipinski definition) is 0. The first-order valence-corrected chi connectivity index (χ1v) is 3.84. The fourth-order valence-corrected chi connectivity index (χ4v) is 1.67. The summed E-state index contributed by atoms with van der Waals surface area (Å²) in [5.41, 5.74) is 2.96. The van der Waals surface area contributed by atoms with Gasteiger partial charge in [0.25, 0.3) is 0 Å². The van der Waals surface area contributed by atoms with Gasteiger partial charge in [-0.2, -0.15) is 0 Å². The molecule has 0 spiro atoms. The molecule has 9 heavy (non-hydrogen) atoms. The molecule has 0 saturated carbocycles. The van der Waals surface area contributed by atoms with Gasteiger partial charge in [0.15, 0.2) is 0 Å². The van der Waals surface area contributed by atoms with Crippen molar-refractivity contribution in [3.05, 3.63) is 11.3 Å². The van der Waals surface area contributed by atoms with Gasteiger partial charge in [-0.25, -0.2) is 0 Å². The predicted octanol–water partition coefficient (Wildman–Crippen LogP) is 2.02. The molecule has 0 aliphatic carbocycles. The fourth-order valence-electron chi connectivity index (χ4n) is 1.15. The lowest BCUT2D eigenvalue weighted by Gasteiger charge is -2.11. The summed E-state index contributed by atoms with van der Waals surface area (Å²) in [6.07, 6.45) is 0. The Labute approximate surface area is 59.4 Å². The molecule has 2 heteroatoms. The van der Waals surface area contributed by atoms with Crippen LogP contribution in [-0.2, 0) is 0 Å². The summed E-state index contributed by atoms with van der Waals surface area (Å²) in [6, 6.07) is 0. The van der Waals surface area contributed by atoms with Crippen molar-refractivity contribution in [2.45, 2.75) is 20.8 Å². The van der Waals surface area contributed by atoms with Crippen molar-refractivity contribution in [3.63, 3.8) is 0 Å². The average Bonchev–Trinajstić information content (AvgIpc) is 1.98. The highest BCUT2D eigenvalue weighted by atomic mass is 31.0. The van der Waals surface area contributed by atoms with Gasteiger partial charge < -0.3 is 4.67 Å². The van der Waals surface area contributed by atoms with E-state index in [0.29, 0.717) is 0 Å². The topological polar surface area (TPSA) is 3.24 Å². The van der Waals surface area contributed by atoms with E-state index in [1.807, 2.05) is 0 Å². The number of allylic oxidation sites excluding steroid dienone is 1. The van der Waals surface area contributed by atoms with Crippen LogP contribution >= 0.6 is 9.39 Å². The van der Waals surface area contributed by atoms with E-state index in [4.69, 9.17) is 0 Å². The highest BCUT2D eigenvalue weighted by molar-refractivity contribution is 7.13. The maximum atomic E-state index is 2.73. The SMILES string of the molecule is CC1=C(C)N(P)C[C@@H]1C. The smallest absolute Gasteiger partial charge is 0.0272 e. The second-order valence-electron chi connectivity index (χ2n) is 2.82. The van der Waals surface area contributed by atoms with Crippen molar-refractivity contribution < 1.29 is 0 Å². The summed E-state index contributed by atoms with van der Waals surface area (Å²) in [4.78, 5) is 0. The lowest BCUT2D eigenvalue weighted by molar-refractivity contribution is 0.554. The first-order chi connectivity index (χ1) is 4.13. The zero-order chi connectivity index (χ0) is 7.02. The van der Waals surface area contributed by atoms with E-state index in [2.05, 4.69) is 34.8 Å². The first-order valence-electron chi connectivity index (χ1n) is 3.32. The van der Waals surface area contributed by atoms with Crippen LogP contribution in [0.4, 0.5) is 0 Å². The van der Waals surface area contributed by atoms with E-state index in [1.165, 1.54) is 17.8 Å². The summed E-state index contributed by atoms with van der Waals surface area (Å²) >= 11 is 0. The molecule has 0 fully saturated rings. The van der Waals surface area contributed by atoms with E-state index >= 15 is 0 Å². The summed E-state index contributed by atoms with van der Waals surface area (Å²) in [5.74, 6) is 0.752. The minimum absolute atomic E-state index is 0.752. The Hall–Kier alpha value is -0.0300. The molecule has 0 bridgehead atoms. The Morgan fingerprint density at radius 1 is 1.56 bits per heavy atom. The molecule has 2 atom stereocenters. The Bertz CT molecular complexity index is 135. The molecule has 0 aromatic heterocycles. The van der Waals surface area contributed by atoms with E-state index in [-0.39, 0.29) is 0 Å². The number of rotatable bonds is 0. The molecule has 0 radical (unpaired) electrons. The molecule has 52 valence electrons. The molecule has 1 nitrogen and oxygen atoms in total. The van der Waals surface area contributed by atoms with Gasteiger partial charge in [0.05, 0.1) is 0 Å². The largest absolute Gasteiger partial charge is 0.359 e. The second kappa shape index (κ2) is 2.30. The van der Waals surface area contributed by atoms with Crippen LogP contribution in [0.2, 0.25) is 0 Å². The van der Waals surface area contributed by atoms with Gasteiger partial charge >= 0.3 is 0 Å². The van der Waals surface area contributed by atoms with Gasteiger partial charge in [0.2, 0.25) is 0 Å². The van der Waals surface area contributed by atoms with Crippen molar-refractivity contribution in [1.29, 1.82) is 0 Å². The third-order valence-corrected chi connectivity index (χ3v) is 2.81. The minimum Gasteiger partial charge on any atom is -0.359 e. The highest BCUT2D eigenvalue weighted by Gasteiger charge is 2.18. The lowest BCUT2D eigenvalue weighted by atomic mass is 10.1. The lowest BCUT2D eigenvalue weighted by Crippen LogP contribution is -2.06. The van der Waals surface area contributed by atoms with Gasteiger partial charge in [0.1, 0.15) is 0 Å². The first kappa shape index (κ1) is 7.08. The summed E-state index contributed by atoms with van der Waals surface area (Å²) in [5, 5.41) is 0. The van der Waals surface area contributed by atoms with Crippen LogP contribution in [0.3, 0.4) is 0 Å². The molecular formula is C7H14NP. The maximum Gasteiger partial charge on any atom is 0.0272 e. The van der Waals surface area contributed by atoms with Crippen molar-refractivity contribution >= 4 is 9.39 Å². The number of hydrogen-bond acceptors (Lipinski definition) is 1. The summed E-state index contributed by atoms with van der Waals surface area (Å²) in [6.45, 7) is 7.82. The molecule has 0 aromatic rings. The molecule has 1 heterocycles. The van der Waals surface area contributed by atoms with Crippen LogP contribution in [0, 0.1) is 5.92 Å². The van der Waals surface area contributed by atoms with Crippen molar-refractivity contribution in [2.75, 3.05) is 6.54 Å². The predicted molar refractivity (Wildman–Crippen MR) is 44.0 cm³/mol. The van der Waals surface area contributed by atoms with Gasteiger partial charge in [-0.15, -0.1) is 0 Å². The molecule has 1 unspecified atom stereocenters. The Kier molecular flexibility index (Phi) is 1.81. The van der Waals surface area contributed by atoms with Crippen molar-refractivity contribution in [1.82, 2.24) is 4.67 Å². The standard InChI is InChI=1S/C7H14NP/c1-5-4-8(9)7(3)6(5)2/h5H,4,9H2,1-3H3/t5-/m0/s1. The Morgan fingerprint density at radius 2 is 2.11 bits per heavy atom. The van der Waals surface area contributed by atoms with Crippen LogP contribution in [-0.4, -0.2) is 11.2 Å². The van der Waals surface area contributed by atoms with Crippen LogP contribution in [0.25, 0.3) is 0 Å². The zero-order valence-corrected chi connectivity index (χ0v) is 7.46. The van der Waals surface area contributed by atoms with Gasteiger partial charge in [0, 0.05) is 12.2 Å². The maximum absolute atomic E-state index is 2.73. The Balaban J connectivity index is 2.79. The molecule has 0 amide bonds. The molecule has 0 saturated heterocycles. The van der Waals surface area contributed by atoms with Gasteiger partial charge in [-0.05, 0) is 34.7 Å². The molecular weight excluding hydrogens is 129 g/mol. The Morgan fingerprint density at radius 3 is 2.22 bits per heavy atom.